The van der Waals surface area contributed by atoms with E-state index in [9.17, 15) is 18.0 Å². The van der Waals surface area contributed by atoms with E-state index in [0.717, 1.165) is 17.2 Å². The minimum Gasteiger partial charge on any atom is -0.494 e. The smallest absolute Gasteiger partial charge is 0.417 e. The summed E-state index contributed by atoms with van der Waals surface area (Å²) in [5.41, 5.74) is 2.51. The third-order valence-electron chi connectivity index (χ3n) is 6.57. The first-order valence-electron chi connectivity index (χ1n) is 12.8. The van der Waals surface area contributed by atoms with Crippen molar-refractivity contribution in [2.45, 2.75) is 45.3 Å². The third kappa shape index (κ3) is 9.15. The third-order valence-corrected chi connectivity index (χ3v) is 7.01. The molecule has 0 saturated carbocycles. The lowest BCUT2D eigenvalue weighted by molar-refractivity contribution is -0.138. The SMILES string of the molecule is C/C=C(\C)C(CN(CCCOc1cccc(CC(=O)O)c1)Cc1cccc(C(F)(F)F)c1Cl)c1ccccc1. The fraction of sp³-hybridized carbons (Fsp3) is 0.323. The maximum atomic E-state index is 13.5. The quantitative estimate of drug-likeness (QED) is 0.170. The first kappa shape index (κ1) is 30.3. The molecule has 3 rings (SSSR count). The normalized spacial score (nSPS) is 12.9. The first-order valence-corrected chi connectivity index (χ1v) is 13.1. The van der Waals surface area contributed by atoms with Gasteiger partial charge in [0.2, 0.25) is 0 Å². The van der Waals surface area contributed by atoms with E-state index in [0.29, 0.717) is 43.0 Å². The number of rotatable bonds is 13. The number of hydrogen-bond acceptors (Lipinski definition) is 3. The van der Waals surface area contributed by atoms with Gasteiger partial charge in [-0.2, -0.15) is 13.2 Å². The van der Waals surface area contributed by atoms with E-state index in [-0.39, 0.29) is 23.9 Å². The number of benzene rings is 3. The van der Waals surface area contributed by atoms with Crippen LogP contribution >= 0.6 is 11.6 Å². The second-order valence-corrected chi connectivity index (χ2v) is 9.81. The zero-order valence-corrected chi connectivity index (χ0v) is 22.8. The van der Waals surface area contributed by atoms with Crippen LogP contribution in [0.4, 0.5) is 13.2 Å². The van der Waals surface area contributed by atoms with Crippen molar-refractivity contribution in [3.8, 4) is 5.75 Å². The lowest BCUT2D eigenvalue weighted by atomic mass is 9.91. The summed E-state index contributed by atoms with van der Waals surface area (Å²) in [6, 6.07) is 21.0. The van der Waals surface area contributed by atoms with Gasteiger partial charge in [0.1, 0.15) is 5.75 Å². The van der Waals surface area contributed by atoms with Crippen LogP contribution in [-0.2, 0) is 23.9 Å². The first-order chi connectivity index (χ1) is 18.6. The number of allylic oxidation sites excluding steroid dienone is 1. The van der Waals surface area contributed by atoms with E-state index in [1.807, 2.05) is 25.1 Å². The molecule has 0 fully saturated rings. The van der Waals surface area contributed by atoms with E-state index < -0.39 is 17.7 Å². The van der Waals surface area contributed by atoms with Crippen LogP contribution in [0, 0.1) is 0 Å². The predicted octanol–water partition coefficient (Wildman–Crippen LogP) is 8.01. The Morgan fingerprint density at radius 1 is 1.08 bits per heavy atom. The number of alkyl halides is 3. The number of aliphatic carboxylic acids is 1. The highest BCUT2D eigenvalue weighted by atomic mass is 35.5. The van der Waals surface area contributed by atoms with E-state index in [1.165, 1.54) is 6.07 Å². The molecule has 3 aromatic carbocycles. The van der Waals surface area contributed by atoms with Crippen molar-refractivity contribution in [2.24, 2.45) is 0 Å². The van der Waals surface area contributed by atoms with Crippen LogP contribution in [0.2, 0.25) is 5.02 Å². The summed E-state index contributed by atoms with van der Waals surface area (Å²) in [5.74, 6) is -0.289. The summed E-state index contributed by atoms with van der Waals surface area (Å²) in [4.78, 5) is 13.1. The molecule has 0 bridgehead atoms. The highest BCUT2D eigenvalue weighted by Crippen LogP contribution is 2.37. The van der Waals surface area contributed by atoms with Crippen LogP contribution in [0.1, 0.15) is 48.4 Å². The Labute approximate surface area is 232 Å². The van der Waals surface area contributed by atoms with Gasteiger partial charge >= 0.3 is 12.1 Å². The summed E-state index contributed by atoms with van der Waals surface area (Å²) < 4.78 is 46.4. The Bertz CT molecular complexity index is 1260. The average Bonchev–Trinajstić information content (AvgIpc) is 2.89. The molecule has 0 aromatic heterocycles. The highest BCUT2D eigenvalue weighted by molar-refractivity contribution is 6.32. The van der Waals surface area contributed by atoms with Crippen LogP contribution in [0.3, 0.4) is 0 Å². The summed E-state index contributed by atoms with van der Waals surface area (Å²) >= 11 is 6.25. The second kappa shape index (κ2) is 14.2. The minimum atomic E-state index is -4.53. The molecule has 0 aliphatic carbocycles. The zero-order valence-electron chi connectivity index (χ0n) is 22.0. The van der Waals surface area contributed by atoms with E-state index >= 15 is 0 Å². The van der Waals surface area contributed by atoms with Crippen molar-refractivity contribution in [3.05, 3.63) is 112 Å². The Hall–Kier alpha value is -3.29. The van der Waals surface area contributed by atoms with Gasteiger partial charge in [0, 0.05) is 25.6 Å². The van der Waals surface area contributed by atoms with Crippen molar-refractivity contribution < 1.29 is 27.8 Å². The number of carbonyl (C=O) groups is 1. The van der Waals surface area contributed by atoms with E-state index in [4.69, 9.17) is 21.4 Å². The molecule has 1 N–H and O–H groups in total. The zero-order chi connectivity index (χ0) is 28.4. The van der Waals surface area contributed by atoms with Crippen LogP contribution in [0.15, 0.2) is 84.4 Å². The van der Waals surface area contributed by atoms with Gasteiger partial charge < -0.3 is 9.84 Å². The number of carboxylic acid groups (broad SMARTS) is 1. The van der Waals surface area contributed by atoms with Gasteiger partial charge in [0.25, 0.3) is 0 Å². The van der Waals surface area contributed by atoms with Crippen LogP contribution in [-0.4, -0.2) is 35.7 Å². The van der Waals surface area contributed by atoms with Crippen molar-refractivity contribution in [1.29, 1.82) is 0 Å². The monoisotopic (exact) mass is 559 g/mol. The average molecular weight is 560 g/mol. The number of halogens is 4. The Kier molecular flexibility index (Phi) is 11.0. The molecule has 0 aliphatic rings. The van der Waals surface area contributed by atoms with Crippen molar-refractivity contribution in [3.63, 3.8) is 0 Å². The van der Waals surface area contributed by atoms with Crippen LogP contribution in [0.25, 0.3) is 0 Å². The number of nitrogens with zero attached hydrogens (tertiary/aromatic N) is 1. The predicted molar refractivity (Wildman–Crippen MR) is 148 cm³/mol. The lowest BCUT2D eigenvalue weighted by Gasteiger charge is -2.29. The molecule has 0 aliphatic heterocycles. The Balaban J connectivity index is 1.78. The van der Waals surface area contributed by atoms with Gasteiger partial charge in [-0.1, -0.05) is 77.8 Å². The fourth-order valence-electron chi connectivity index (χ4n) is 4.45. The topological polar surface area (TPSA) is 49.8 Å². The number of ether oxygens (including phenoxy) is 1. The molecule has 0 radical (unpaired) electrons. The molecule has 0 amide bonds. The van der Waals surface area contributed by atoms with Crippen molar-refractivity contribution in [1.82, 2.24) is 4.90 Å². The molecular weight excluding hydrogens is 527 g/mol. The van der Waals surface area contributed by atoms with Gasteiger partial charge in [0.15, 0.2) is 0 Å². The van der Waals surface area contributed by atoms with Gasteiger partial charge in [-0.25, -0.2) is 0 Å². The largest absolute Gasteiger partial charge is 0.494 e. The van der Waals surface area contributed by atoms with Crippen LogP contribution < -0.4 is 4.74 Å². The summed E-state index contributed by atoms with van der Waals surface area (Å²) in [7, 11) is 0. The van der Waals surface area contributed by atoms with Gasteiger partial charge in [0.05, 0.1) is 23.6 Å². The van der Waals surface area contributed by atoms with E-state index in [1.54, 1.807) is 30.3 Å². The van der Waals surface area contributed by atoms with Crippen molar-refractivity contribution in [2.75, 3.05) is 19.7 Å². The second-order valence-electron chi connectivity index (χ2n) is 9.43. The lowest BCUT2D eigenvalue weighted by Crippen LogP contribution is -2.31. The summed E-state index contributed by atoms with van der Waals surface area (Å²) in [5, 5.41) is 8.75. The van der Waals surface area contributed by atoms with E-state index in [2.05, 4.69) is 30.0 Å². The molecule has 3 aromatic rings. The molecule has 208 valence electrons. The van der Waals surface area contributed by atoms with Crippen molar-refractivity contribution >= 4 is 17.6 Å². The molecule has 1 unspecified atom stereocenters. The van der Waals surface area contributed by atoms with Gasteiger partial charge in [-0.3, -0.25) is 9.69 Å². The summed E-state index contributed by atoms with van der Waals surface area (Å²) in [6.07, 6.45) is -1.96. The molecule has 0 saturated heterocycles. The molecule has 39 heavy (non-hydrogen) atoms. The summed E-state index contributed by atoms with van der Waals surface area (Å²) in [6.45, 7) is 5.79. The Morgan fingerprint density at radius 2 is 1.79 bits per heavy atom. The molecule has 8 heteroatoms. The van der Waals surface area contributed by atoms with Crippen LogP contribution in [0.5, 0.6) is 5.75 Å². The van der Waals surface area contributed by atoms with Gasteiger partial charge in [-0.15, -0.1) is 0 Å². The fourth-order valence-corrected chi connectivity index (χ4v) is 4.74. The molecule has 0 heterocycles. The van der Waals surface area contributed by atoms with Gasteiger partial charge in [-0.05, 0) is 55.2 Å². The minimum absolute atomic E-state index is 0.0504. The molecule has 0 spiro atoms. The standard InChI is InChI=1S/C31H33ClF3NO3/c1-3-22(2)27(24-11-5-4-6-12-24)21-36(20-25-13-8-15-28(30(25)32)31(33,34)35)16-9-17-39-26-14-7-10-23(18-26)19-29(37)38/h3-8,10-15,18,27H,9,16-17,19-21H2,1-2H3,(H,37,38)/b22-3+. The number of hydrogen-bond donors (Lipinski definition) is 1. The maximum Gasteiger partial charge on any atom is 0.417 e. The molecule has 1 atom stereocenters. The maximum absolute atomic E-state index is 13.5. The molecular formula is C31H33ClF3NO3. The number of carboxylic acids is 1. The Morgan fingerprint density at radius 3 is 2.46 bits per heavy atom. The highest BCUT2D eigenvalue weighted by Gasteiger charge is 2.34. The molecule has 4 nitrogen and oxygen atoms in total.